The fraction of sp³-hybridized carbons (Fsp3) is 0.381. The van der Waals surface area contributed by atoms with E-state index in [0.717, 1.165) is 28.1 Å². The number of hydrogen-bond donors (Lipinski definition) is 0. The molecule has 28 heavy (non-hydrogen) atoms. The van der Waals surface area contributed by atoms with E-state index in [1.54, 1.807) is 18.1 Å². The number of nitrogens with zero attached hydrogens (tertiary/aromatic N) is 4. The second-order valence-corrected chi connectivity index (χ2v) is 7.36. The first kappa shape index (κ1) is 18.3. The van der Waals surface area contributed by atoms with Crippen LogP contribution in [-0.4, -0.2) is 45.8 Å². The van der Waals surface area contributed by atoms with Gasteiger partial charge in [-0.25, -0.2) is 9.67 Å². The van der Waals surface area contributed by atoms with Gasteiger partial charge >= 0.3 is 0 Å². The normalized spacial score (nSPS) is 13.2. The zero-order valence-corrected chi connectivity index (χ0v) is 16.6. The summed E-state index contributed by atoms with van der Waals surface area (Å²) in [5.41, 5.74) is 3.09. The molecule has 0 saturated carbocycles. The van der Waals surface area contributed by atoms with E-state index in [9.17, 15) is 4.79 Å². The highest BCUT2D eigenvalue weighted by Crippen LogP contribution is 2.31. The number of pyridine rings is 1. The van der Waals surface area contributed by atoms with Crippen LogP contribution in [0.15, 0.2) is 30.5 Å². The molecule has 0 saturated heterocycles. The molecule has 0 unspecified atom stereocenters. The average molecular weight is 380 g/mol. The molecule has 2 aromatic heterocycles. The largest absolute Gasteiger partial charge is 0.486 e. The van der Waals surface area contributed by atoms with Crippen LogP contribution < -0.4 is 9.47 Å². The first-order valence-electron chi connectivity index (χ1n) is 9.43. The van der Waals surface area contributed by atoms with Crippen molar-refractivity contribution in [3.05, 3.63) is 47.3 Å². The smallest absolute Gasteiger partial charge is 0.255 e. The van der Waals surface area contributed by atoms with Crippen molar-refractivity contribution in [1.29, 1.82) is 0 Å². The zero-order chi connectivity index (χ0) is 19.8. The molecule has 0 bridgehead atoms. The monoisotopic (exact) mass is 380 g/mol. The molecule has 3 heterocycles. The van der Waals surface area contributed by atoms with Crippen LogP contribution in [0.25, 0.3) is 11.0 Å². The molecule has 1 aromatic carbocycles. The van der Waals surface area contributed by atoms with Crippen LogP contribution in [0.5, 0.6) is 11.5 Å². The number of benzene rings is 1. The standard InChI is InChI=1S/C21H24N4O3/c1-13(2)25-20-16(11-22-25)10-17(14(3)23-20)21(26)24(4)12-15-5-6-18-19(9-15)28-8-7-27-18/h5-6,9-11,13H,7-8,12H2,1-4H3. The maximum atomic E-state index is 13.0. The quantitative estimate of drug-likeness (QED) is 0.694. The summed E-state index contributed by atoms with van der Waals surface area (Å²) < 4.78 is 13.1. The minimum Gasteiger partial charge on any atom is -0.486 e. The van der Waals surface area contributed by atoms with Gasteiger partial charge < -0.3 is 14.4 Å². The van der Waals surface area contributed by atoms with Crippen LogP contribution >= 0.6 is 0 Å². The van der Waals surface area contributed by atoms with Crippen LogP contribution in [-0.2, 0) is 6.54 Å². The first-order chi connectivity index (χ1) is 13.4. The highest BCUT2D eigenvalue weighted by molar-refractivity contribution is 5.98. The second kappa shape index (κ2) is 7.14. The molecule has 7 heteroatoms. The summed E-state index contributed by atoms with van der Waals surface area (Å²) >= 11 is 0. The Hall–Kier alpha value is -3.09. The Morgan fingerprint density at radius 1 is 1.21 bits per heavy atom. The van der Waals surface area contributed by atoms with E-state index < -0.39 is 0 Å². The van der Waals surface area contributed by atoms with Gasteiger partial charge in [0, 0.05) is 25.0 Å². The van der Waals surface area contributed by atoms with E-state index in [4.69, 9.17) is 9.47 Å². The van der Waals surface area contributed by atoms with E-state index in [1.165, 1.54) is 0 Å². The lowest BCUT2D eigenvalue weighted by Crippen LogP contribution is -2.27. The molecule has 0 fully saturated rings. The summed E-state index contributed by atoms with van der Waals surface area (Å²) in [5, 5.41) is 5.26. The maximum Gasteiger partial charge on any atom is 0.255 e. The molecular weight excluding hydrogens is 356 g/mol. The Bertz CT molecular complexity index is 1040. The number of aryl methyl sites for hydroxylation is 1. The van der Waals surface area contributed by atoms with Gasteiger partial charge in [0.25, 0.3) is 5.91 Å². The summed E-state index contributed by atoms with van der Waals surface area (Å²) in [6.07, 6.45) is 1.76. The highest BCUT2D eigenvalue weighted by atomic mass is 16.6. The van der Waals surface area contributed by atoms with E-state index >= 15 is 0 Å². The van der Waals surface area contributed by atoms with Crippen molar-refractivity contribution in [1.82, 2.24) is 19.7 Å². The van der Waals surface area contributed by atoms with Crippen molar-refractivity contribution in [3.8, 4) is 11.5 Å². The van der Waals surface area contributed by atoms with Gasteiger partial charge in [-0.3, -0.25) is 4.79 Å². The number of aromatic nitrogens is 3. The van der Waals surface area contributed by atoms with Crippen molar-refractivity contribution >= 4 is 16.9 Å². The molecule has 3 aromatic rings. The lowest BCUT2D eigenvalue weighted by Gasteiger charge is -2.21. The van der Waals surface area contributed by atoms with Crippen molar-refractivity contribution in [2.45, 2.75) is 33.4 Å². The number of amides is 1. The lowest BCUT2D eigenvalue weighted by atomic mass is 10.1. The molecule has 0 atom stereocenters. The van der Waals surface area contributed by atoms with Crippen molar-refractivity contribution in [3.63, 3.8) is 0 Å². The van der Waals surface area contributed by atoms with E-state index in [0.29, 0.717) is 31.0 Å². The van der Waals surface area contributed by atoms with E-state index in [-0.39, 0.29) is 11.9 Å². The lowest BCUT2D eigenvalue weighted by molar-refractivity contribution is 0.0783. The van der Waals surface area contributed by atoms with Gasteiger partial charge in [-0.1, -0.05) is 6.07 Å². The first-order valence-corrected chi connectivity index (χ1v) is 9.43. The molecule has 0 radical (unpaired) electrons. The molecule has 4 rings (SSSR count). The van der Waals surface area contributed by atoms with Gasteiger partial charge in [-0.15, -0.1) is 0 Å². The third-order valence-electron chi connectivity index (χ3n) is 4.85. The Kier molecular flexibility index (Phi) is 4.66. The molecule has 7 nitrogen and oxygen atoms in total. The van der Waals surface area contributed by atoms with E-state index in [2.05, 4.69) is 23.9 Å². The summed E-state index contributed by atoms with van der Waals surface area (Å²) in [5.74, 6) is 1.40. The van der Waals surface area contributed by atoms with Crippen LogP contribution in [0.1, 0.15) is 41.5 Å². The van der Waals surface area contributed by atoms with E-state index in [1.807, 2.05) is 35.9 Å². The Balaban J connectivity index is 1.57. The zero-order valence-electron chi connectivity index (χ0n) is 16.6. The maximum absolute atomic E-state index is 13.0. The Morgan fingerprint density at radius 2 is 1.96 bits per heavy atom. The van der Waals surface area contributed by atoms with Gasteiger partial charge in [0.1, 0.15) is 13.2 Å². The average Bonchev–Trinajstić information content (AvgIpc) is 3.09. The van der Waals surface area contributed by atoms with Gasteiger partial charge in [-0.05, 0) is 44.5 Å². The van der Waals surface area contributed by atoms with Crippen LogP contribution in [0.4, 0.5) is 0 Å². The number of rotatable bonds is 4. The number of ether oxygens (including phenoxy) is 2. The topological polar surface area (TPSA) is 69.5 Å². The van der Waals surface area contributed by atoms with Gasteiger partial charge in [0.05, 0.1) is 17.5 Å². The minimum absolute atomic E-state index is 0.0703. The Labute approximate surface area is 163 Å². The minimum atomic E-state index is -0.0703. The third-order valence-corrected chi connectivity index (χ3v) is 4.85. The van der Waals surface area contributed by atoms with Crippen LogP contribution in [0.3, 0.4) is 0 Å². The fourth-order valence-electron chi connectivity index (χ4n) is 3.40. The number of fused-ring (bicyclic) bond motifs is 2. The number of carbonyl (C=O) groups is 1. The van der Waals surface area contributed by atoms with Gasteiger partial charge in [-0.2, -0.15) is 5.10 Å². The molecule has 0 spiro atoms. The summed E-state index contributed by atoms with van der Waals surface area (Å²) in [6, 6.07) is 7.87. The van der Waals surface area contributed by atoms with Crippen molar-refractivity contribution in [2.75, 3.05) is 20.3 Å². The predicted octanol–water partition coefficient (Wildman–Crippen LogP) is 3.36. The van der Waals surface area contributed by atoms with Gasteiger partial charge in [0.2, 0.25) is 0 Å². The molecule has 1 amide bonds. The molecule has 0 aliphatic carbocycles. The summed E-state index contributed by atoms with van der Waals surface area (Å²) in [6.45, 7) is 7.56. The third kappa shape index (κ3) is 3.28. The number of hydrogen-bond acceptors (Lipinski definition) is 5. The SMILES string of the molecule is Cc1nc2c(cnn2C(C)C)cc1C(=O)N(C)Cc1ccc2c(c1)OCCO2. The molecular formula is C21H24N4O3. The van der Waals surface area contributed by atoms with Gasteiger partial charge in [0.15, 0.2) is 17.1 Å². The molecule has 1 aliphatic heterocycles. The van der Waals surface area contributed by atoms with Crippen LogP contribution in [0, 0.1) is 6.92 Å². The summed E-state index contributed by atoms with van der Waals surface area (Å²) in [4.78, 5) is 19.4. The Morgan fingerprint density at radius 3 is 2.71 bits per heavy atom. The van der Waals surface area contributed by atoms with Crippen molar-refractivity contribution in [2.24, 2.45) is 0 Å². The highest BCUT2D eigenvalue weighted by Gasteiger charge is 2.19. The molecule has 0 N–H and O–H groups in total. The summed E-state index contributed by atoms with van der Waals surface area (Å²) in [7, 11) is 1.79. The fourth-order valence-corrected chi connectivity index (χ4v) is 3.40. The molecule has 146 valence electrons. The van der Waals surface area contributed by atoms with Crippen molar-refractivity contribution < 1.29 is 14.3 Å². The van der Waals surface area contributed by atoms with Crippen LogP contribution in [0.2, 0.25) is 0 Å². The second-order valence-electron chi connectivity index (χ2n) is 7.36. The molecule has 1 aliphatic rings. The number of carbonyl (C=O) groups excluding carboxylic acids is 1. The predicted molar refractivity (Wildman–Crippen MR) is 106 cm³/mol.